The van der Waals surface area contributed by atoms with Gasteiger partial charge in [0.1, 0.15) is 0 Å². The summed E-state index contributed by atoms with van der Waals surface area (Å²) in [7, 11) is 0. The molecule has 1 saturated carbocycles. The minimum absolute atomic E-state index is 0.0390. The second-order valence-electron chi connectivity index (χ2n) is 5.60. The smallest absolute Gasteiger partial charge is 0.238 e. The average Bonchev–Trinajstić information content (AvgIpc) is 2.42. The van der Waals surface area contributed by atoms with Crippen LogP contribution < -0.4 is 10.6 Å². The Bertz CT molecular complexity index is 259. The van der Waals surface area contributed by atoms with Crippen LogP contribution in [0.15, 0.2) is 0 Å². The van der Waals surface area contributed by atoms with Gasteiger partial charge in [-0.1, -0.05) is 19.8 Å². The molecule has 1 aliphatic heterocycles. The van der Waals surface area contributed by atoms with Gasteiger partial charge < -0.3 is 10.6 Å². The second-order valence-corrected chi connectivity index (χ2v) is 6.75. The highest BCUT2D eigenvalue weighted by Crippen LogP contribution is 2.27. The van der Waals surface area contributed by atoms with E-state index in [0.29, 0.717) is 6.04 Å². The van der Waals surface area contributed by atoms with E-state index >= 15 is 0 Å². The van der Waals surface area contributed by atoms with E-state index in [1.165, 1.54) is 38.5 Å². The third-order valence-corrected chi connectivity index (χ3v) is 5.19. The third-order valence-electron chi connectivity index (χ3n) is 4.13. The zero-order chi connectivity index (χ0) is 12.8. The standard InChI is InChI=1S/C14H26N2OS/c1-2-3-11-4-6-12(7-5-11)16-14(17)13-10-18-9-8-15-13/h11-13,15H,2-10H2,1H3,(H,16,17). The Balaban J connectivity index is 1.68. The van der Waals surface area contributed by atoms with Gasteiger partial charge in [-0.3, -0.25) is 4.79 Å². The molecule has 0 radical (unpaired) electrons. The summed E-state index contributed by atoms with van der Waals surface area (Å²) in [5.74, 6) is 3.19. The van der Waals surface area contributed by atoms with Crippen LogP contribution in [0.2, 0.25) is 0 Å². The van der Waals surface area contributed by atoms with Gasteiger partial charge in [-0.15, -0.1) is 0 Å². The first-order valence-corrected chi connectivity index (χ1v) is 8.56. The molecule has 18 heavy (non-hydrogen) atoms. The monoisotopic (exact) mass is 270 g/mol. The van der Waals surface area contributed by atoms with E-state index in [1.807, 2.05) is 11.8 Å². The lowest BCUT2D eigenvalue weighted by atomic mass is 9.83. The molecule has 1 amide bonds. The quantitative estimate of drug-likeness (QED) is 0.822. The molecule has 1 atom stereocenters. The molecule has 0 spiro atoms. The van der Waals surface area contributed by atoms with Crippen molar-refractivity contribution in [2.45, 2.75) is 57.5 Å². The zero-order valence-electron chi connectivity index (χ0n) is 11.4. The topological polar surface area (TPSA) is 41.1 Å². The van der Waals surface area contributed by atoms with Gasteiger partial charge in [0, 0.05) is 24.1 Å². The number of carbonyl (C=O) groups excluding carboxylic acids is 1. The maximum Gasteiger partial charge on any atom is 0.238 e. The largest absolute Gasteiger partial charge is 0.352 e. The van der Waals surface area contributed by atoms with Crippen molar-refractivity contribution in [3.8, 4) is 0 Å². The van der Waals surface area contributed by atoms with Crippen LogP contribution in [-0.2, 0) is 4.79 Å². The number of amides is 1. The fourth-order valence-electron chi connectivity index (χ4n) is 3.04. The molecule has 0 aromatic carbocycles. The number of rotatable bonds is 4. The van der Waals surface area contributed by atoms with Crippen LogP contribution in [0.25, 0.3) is 0 Å². The van der Waals surface area contributed by atoms with Crippen LogP contribution in [0, 0.1) is 5.92 Å². The van der Waals surface area contributed by atoms with Gasteiger partial charge in [0.05, 0.1) is 6.04 Å². The van der Waals surface area contributed by atoms with E-state index in [-0.39, 0.29) is 11.9 Å². The molecule has 1 heterocycles. The van der Waals surface area contributed by atoms with Crippen molar-refractivity contribution in [2.75, 3.05) is 18.1 Å². The van der Waals surface area contributed by atoms with E-state index in [0.717, 1.165) is 24.0 Å². The number of nitrogens with one attached hydrogen (secondary N) is 2. The van der Waals surface area contributed by atoms with Crippen molar-refractivity contribution in [1.82, 2.24) is 10.6 Å². The van der Waals surface area contributed by atoms with Gasteiger partial charge in [0.25, 0.3) is 0 Å². The summed E-state index contributed by atoms with van der Waals surface area (Å²) >= 11 is 1.88. The summed E-state index contributed by atoms with van der Waals surface area (Å²) in [6, 6.07) is 0.469. The lowest BCUT2D eigenvalue weighted by molar-refractivity contribution is -0.123. The first-order valence-electron chi connectivity index (χ1n) is 7.41. The van der Waals surface area contributed by atoms with Gasteiger partial charge in [0.2, 0.25) is 5.91 Å². The van der Waals surface area contributed by atoms with Crippen LogP contribution in [0.1, 0.15) is 45.4 Å². The number of hydrogen-bond acceptors (Lipinski definition) is 3. The van der Waals surface area contributed by atoms with Crippen molar-refractivity contribution >= 4 is 17.7 Å². The highest BCUT2D eigenvalue weighted by molar-refractivity contribution is 7.99. The van der Waals surface area contributed by atoms with Crippen LogP contribution in [0.4, 0.5) is 0 Å². The van der Waals surface area contributed by atoms with Gasteiger partial charge in [-0.05, 0) is 31.6 Å². The van der Waals surface area contributed by atoms with Crippen molar-refractivity contribution in [3.05, 3.63) is 0 Å². The lowest BCUT2D eigenvalue weighted by Crippen LogP contribution is -2.52. The molecule has 1 saturated heterocycles. The Kier molecular flexibility index (Phi) is 5.83. The van der Waals surface area contributed by atoms with Crippen molar-refractivity contribution in [3.63, 3.8) is 0 Å². The third kappa shape index (κ3) is 4.16. The maximum atomic E-state index is 12.1. The van der Waals surface area contributed by atoms with Gasteiger partial charge in [-0.25, -0.2) is 0 Å². The van der Waals surface area contributed by atoms with E-state index < -0.39 is 0 Å². The Hall–Kier alpha value is -0.220. The molecule has 104 valence electrons. The van der Waals surface area contributed by atoms with Crippen molar-refractivity contribution < 1.29 is 4.79 Å². The number of hydrogen-bond donors (Lipinski definition) is 2. The van der Waals surface area contributed by atoms with Crippen molar-refractivity contribution in [1.29, 1.82) is 0 Å². The van der Waals surface area contributed by atoms with E-state index in [4.69, 9.17) is 0 Å². The van der Waals surface area contributed by atoms with Crippen LogP contribution in [-0.4, -0.2) is 36.0 Å². The van der Waals surface area contributed by atoms with E-state index in [9.17, 15) is 4.79 Å². The first kappa shape index (κ1) is 14.2. The van der Waals surface area contributed by atoms with Crippen molar-refractivity contribution in [2.24, 2.45) is 5.92 Å². The summed E-state index contributed by atoms with van der Waals surface area (Å²) < 4.78 is 0. The second kappa shape index (κ2) is 7.39. The van der Waals surface area contributed by atoms with E-state index in [1.54, 1.807) is 0 Å². The summed E-state index contributed by atoms with van der Waals surface area (Å²) in [4.78, 5) is 12.1. The Morgan fingerprint density at radius 3 is 2.72 bits per heavy atom. The minimum Gasteiger partial charge on any atom is -0.352 e. The fraction of sp³-hybridized carbons (Fsp3) is 0.929. The summed E-state index contributed by atoms with van der Waals surface area (Å²) in [5.41, 5.74) is 0. The molecular weight excluding hydrogens is 244 g/mol. The molecule has 2 rings (SSSR count). The Labute approximate surface area is 115 Å². The predicted molar refractivity (Wildman–Crippen MR) is 77.9 cm³/mol. The fourth-order valence-corrected chi connectivity index (χ4v) is 3.97. The van der Waals surface area contributed by atoms with Gasteiger partial charge >= 0.3 is 0 Å². The maximum absolute atomic E-state index is 12.1. The molecule has 2 aliphatic rings. The molecule has 1 unspecified atom stereocenters. The molecule has 1 aliphatic carbocycles. The normalized spacial score (nSPS) is 33.1. The molecular formula is C14H26N2OS. The summed E-state index contributed by atoms with van der Waals surface area (Å²) in [6.45, 7) is 3.23. The van der Waals surface area contributed by atoms with Gasteiger partial charge in [-0.2, -0.15) is 11.8 Å². The molecule has 2 fully saturated rings. The Morgan fingerprint density at radius 2 is 2.11 bits per heavy atom. The number of carbonyl (C=O) groups is 1. The predicted octanol–water partition coefficient (Wildman–Crippen LogP) is 2.17. The van der Waals surface area contributed by atoms with Crippen LogP contribution in [0.5, 0.6) is 0 Å². The summed E-state index contributed by atoms with van der Waals surface area (Å²) in [6.07, 6.45) is 7.61. The molecule has 3 nitrogen and oxygen atoms in total. The highest BCUT2D eigenvalue weighted by Gasteiger charge is 2.26. The van der Waals surface area contributed by atoms with Crippen LogP contribution in [0.3, 0.4) is 0 Å². The molecule has 2 N–H and O–H groups in total. The molecule has 0 aromatic heterocycles. The Morgan fingerprint density at radius 1 is 1.33 bits per heavy atom. The van der Waals surface area contributed by atoms with E-state index in [2.05, 4.69) is 17.6 Å². The SMILES string of the molecule is CCCC1CCC(NC(=O)C2CSCCN2)CC1. The lowest BCUT2D eigenvalue weighted by Gasteiger charge is -2.31. The average molecular weight is 270 g/mol. The first-order chi connectivity index (χ1) is 8.79. The minimum atomic E-state index is 0.0390. The molecule has 4 heteroatoms. The van der Waals surface area contributed by atoms with Gasteiger partial charge in [0.15, 0.2) is 0 Å². The summed E-state index contributed by atoms with van der Waals surface area (Å²) in [5, 5.41) is 6.54. The number of thioether (sulfide) groups is 1. The molecule has 0 aromatic rings. The van der Waals surface area contributed by atoms with Crippen LogP contribution >= 0.6 is 11.8 Å². The highest BCUT2D eigenvalue weighted by atomic mass is 32.2. The zero-order valence-corrected chi connectivity index (χ0v) is 12.2. The molecule has 0 bridgehead atoms.